The van der Waals surface area contributed by atoms with Crippen molar-refractivity contribution in [3.05, 3.63) is 24.3 Å². The average molecular weight is 392 g/mol. The van der Waals surface area contributed by atoms with Gasteiger partial charge in [0.2, 0.25) is 5.91 Å². The summed E-state index contributed by atoms with van der Waals surface area (Å²) >= 11 is 0. The lowest BCUT2D eigenvalue weighted by Gasteiger charge is -2.37. The number of anilines is 1. The SMILES string of the molecule is COc1cccc(N2CCN(C(=O)CC3CNCCO3)CC2)c1.Cl.Cl. The number of hydrogen-bond acceptors (Lipinski definition) is 5. The third-order valence-corrected chi connectivity index (χ3v) is 4.46. The molecule has 0 bridgehead atoms. The van der Waals surface area contributed by atoms with E-state index >= 15 is 0 Å². The summed E-state index contributed by atoms with van der Waals surface area (Å²) in [5.41, 5.74) is 1.15. The van der Waals surface area contributed by atoms with Crippen molar-refractivity contribution in [1.29, 1.82) is 0 Å². The Kier molecular flexibility index (Phi) is 9.35. The van der Waals surface area contributed by atoms with E-state index in [2.05, 4.69) is 16.3 Å². The highest BCUT2D eigenvalue weighted by Crippen LogP contribution is 2.22. The molecule has 142 valence electrons. The maximum Gasteiger partial charge on any atom is 0.225 e. The van der Waals surface area contributed by atoms with Crippen LogP contribution in [0.25, 0.3) is 0 Å². The molecule has 1 aromatic carbocycles. The lowest BCUT2D eigenvalue weighted by molar-refractivity contribution is -0.135. The van der Waals surface area contributed by atoms with Gasteiger partial charge in [-0.25, -0.2) is 0 Å². The maximum atomic E-state index is 12.4. The summed E-state index contributed by atoms with van der Waals surface area (Å²) in [5, 5.41) is 3.27. The van der Waals surface area contributed by atoms with Gasteiger partial charge in [0, 0.05) is 51.0 Å². The molecule has 2 aliphatic heterocycles. The predicted molar refractivity (Wildman–Crippen MR) is 104 cm³/mol. The summed E-state index contributed by atoms with van der Waals surface area (Å²) in [6.07, 6.45) is 0.499. The number of nitrogens with one attached hydrogen (secondary N) is 1. The monoisotopic (exact) mass is 391 g/mol. The first-order valence-electron chi connectivity index (χ1n) is 8.25. The maximum absolute atomic E-state index is 12.4. The summed E-state index contributed by atoms with van der Waals surface area (Å²) in [4.78, 5) is 16.6. The third kappa shape index (κ3) is 5.92. The second-order valence-electron chi connectivity index (χ2n) is 5.97. The predicted octanol–water partition coefficient (Wildman–Crippen LogP) is 1.57. The molecule has 3 rings (SSSR count). The minimum absolute atomic E-state index is 0. The van der Waals surface area contributed by atoms with Crippen LogP contribution in [-0.4, -0.2) is 69.9 Å². The molecule has 0 saturated carbocycles. The van der Waals surface area contributed by atoms with E-state index in [9.17, 15) is 4.79 Å². The fourth-order valence-corrected chi connectivity index (χ4v) is 3.10. The molecule has 1 aromatic rings. The largest absolute Gasteiger partial charge is 0.497 e. The molecule has 2 heterocycles. The van der Waals surface area contributed by atoms with Gasteiger partial charge in [-0.05, 0) is 12.1 Å². The molecule has 1 atom stereocenters. The third-order valence-electron chi connectivity index (χ3n) is 4.46. The molecular weight excluding hydrogens is 365 g/mol. The van der Waals surface area contributed by atoms with Crippen LogP contribution in [0.4, 0.5) is 5.69 Å². The highest BCUT2D eigenvalue weighted by molar-refractivity contribution is 5.85. The van der Waals surface area contributed by atoms with Crippen molar-refractivity contribution >= 4 is 36.4 Å². The molecule has 0 aromatic heterocycles. The summed E-state index contributed by atoms with van der Waals surface area (Å²) in [7, 11) is 1.68. The summed E-state index contributed by atoms with van der Waals surface area (Å²) in [6, 6.07) is 8.07. The van der Waals surface area contributed by atoms with Gasteiger partial charge in [-0.15, -0.1) is 24.8 Å². The molecule has 6 nitrogen and oxygen atoms in total. The van der Waals surface area contributed by atoms with Crippen LogP contribution in [0, 0.1) is 0 Å². The highest BCUT2D eigenvalue weighted by Gasteiger charge is 2.25. The number of rotatable bonds is 4. The zero-order valence-corrected chi connectivity index (χ0v) is 16.1. The number of hydrogen-bond donors (Lipinski definition) is 1. The van der Waals surface area contributed by atoms with Crippen LogP contribution < -0.4 is 15.0 Å². The van der Waals surface area contributed by atoms with Crippen LogP contribution in [0.2, 0.25) is 0 Å². The van der Waals surface area contributed by atoms with Gasteiger partial charge < -0.3 is 24.6 Å². The molecule has 2 fully saturated rings. The van der Waals surface area contributed by atoms with E-state index in [1.807, 2.05) is 23.1 Å². The van der Waals surface area contributed by atoms with Gasteiger partial charge in [-0.1, -0.05) is 6.07 Å². The zero-order valence-electron chi connectivity index (χ0n) is 14.5. The summed E-state index contributed by atoms with van der Waals surface area (Å²) in [5.74, 6) is 1.06. The fourth-order valence-electron chi connectivity index (χ4n) is 3.10. The molecule has 2 aliphatic rings. The first kappa shape index (κ1) is 21.8. The Morgan fingerprint density at radius 2 is 2.04 bits per heavy atom. The Bertz CT molecular complexity index is 534. The quantitative estimate of drug-likeness (QED) is 0.843. The van der Waals surface area contributed by atoms with Crippen molar-refractivity contribution in [3.63, 3.8) is 0 Å². The Labute approximate surface area is 161 Å². The number of benzene rings is 1. The van der Waals surface area contributed by atoms with Gasteiger partial charge in [0.15, 0.2) is 0 Å². The Balaban J connectivity index is 0.00000156. The second kappa shape index (κ2) is 10.7. The Morgan fingerprint density at radius 3 is 2.68 bits per heavy atom. The fraction of sp³-hybridized carbons (Fsp3) is 0.588. The second-order valence-corrected chi connectivity index (χ2v) is 5.97. The van der Waals surface area contributed by atoms with Crippen molar-refractivity contribution in [3.8, 4) is 5.75 Å². The Hall–Kier alpha value is -1.21. The Morgan fingerprint density at radius 1 is 1.28 bits per heavy atom. The van der Waals surface area contributed by atoms with Crippen LogP contribution in [0.5, 0.6) is 5.75 Å². The van der Waals surface area contributed by atoms with Crippen LogP contribution in [0.1, 0.15) is 6.42 Å². The van der Waals surface area contributed by atoms with Gasteiger partial charge in [-0.2, -0.15) is 0 Å². The van der Waals surface area contributed by atoms with Crippen molar-refractivity contribution in [2.24, 2.45) is 0 Å². The molecule has 0 spiro atoms. The number of piperazine rings is 1. The van der Waals surface area contributed by atoms with Crippen LogP contribution in [0.15, 0.2) is 24.3 Å². The van der Waals surface area contributed by atoms with Crippen molar-refractivity contribution < 1.29 is 14.3 Å². The minimum atomic E-state index is 0. The standard InChI is InChI=1S/C17H25N3O3.2ClH/c1-22-15-4-2-3-14(11-15)19-6-8-20(9-7-19)17(21)12-16-13-18-5-10-23-16;;/h2-4,11,16,18H,5-10,12-13H2,1H3;2*1H. The van der Waals surface area contributed by atoms with E-state index in [0.717, 1.165) is 50.7 Å². The molecule has 1 amide bonds. The van der Waals surface area contributed by atoms with E-state index in [-0.39, 0.29) is 36.8 Å². The van der Waals surface area contributed by atoms with E-state index in [1.165, 1.54) is 0 Å². The lowest BCUT2D eigenvalue weighted by atomic mass is 10.2. The molecule has 0 radical (unpaired) electrons. The molecule has 8 heteroatoms. The molecule has 0 aliphatic carbocycles. The number of nitrogens with zero attached hydrogens (tertiary/aromatic N) is 2. The lowest BCUT2D eigenvalue weighted by Crippen LogP contribution is -2.50. The van der Waals surface area contributed by atoms with Gasteiger partial charge in [-0.3, -0.25) is 4.79 Å². The molecule has 2 saturated heterocycles. The van der Waals surface area contributed by atoms with Crippen LogP contribution >= 0.6 is 24.8 Å². The van der Waals surface area contributed by atoms with Crippen molar-refractivity contribution in [1.82, 2.24) is 10.2 Å². The highest BCUT2D eigenvalue weighted by atomic mass is 35.5. The van der Waals surface area contributed by atoms with E-state index in [4.69, 9.17) is 9.47 Å². The normalized spacial score (nSPS) is 20.3. The first-order valence-corrected chi connectivity index (χ1v) is 8.25. The van der Waals surface area contributed by atoms with Gasteiger partial charge in [0.25, 0.3) is 0 Å². The van der Waals surface area contributed by atoms with E-state index in [0.29, 0.717) is 13.0 Å². The molecule has 25 heavy (non-hydrogen) atoms. The average Bonchev–Trinajstić information content (AvgIpc) is 2.63. The number of carbonyl (C=O) groups excluding carboxylic acids is 1. The van der Waals surface area contributed by atoms with Gasteiger partial charge in [0.1, 0.15) is 5.75 Å². The number of methoxy groups -OCH3 is 1. The number of ether oxygens (including phenoxy) is 2. The minimum Gasteiger partial charge on any atom is -0.497 e. The molecule has 1 N–H and O–H groups in total. The van der Waals surface area contributed by atoms with E-state index in [1.54, 1.807) is 7.11 Å². The topological polar surface area (TPSA) is 54.0 Å². The number of carbonyl (C=O) groups is 1. The first-order chi connectivity index (χ1) is 11.3. The van der Waals surface area contributed by atoms with Crippen molar-refractivity contribution in [2.75, 3.05) is 57.9 Å². The molecule has 1 unspecified atom stereocenters. The number of morpholine rings is 1. The van der Waals surface area contributed by atoms with Gasteiger partial charge in [0.05, 0.1) is 26.2 Å². The molecular formula is C17H27Cl2N3O3. The summed E-state index contributed by atoms with van der Waals surface area (Å²) in [6.45, 7) is 5.57. The zero-order chi connectivity index (χ0) is 16.1. The van der Waals surface area contributed by atoms with E-state index < -0.39 is 0 Å². The van der Waals surface area contributed by atoms with Crippen LogP contribution in [0.3, 0.4) is 0 Å². The van der Waals surface area contributed by atoms with Crippen LogP contribution in [-0.2, 0) is 9.53 Å². The smallest absolute Gasteiger partial charge is 0.225 e. The number of halogens is 2. The number of amides is 1. The summed E-state index contributed by atoms with van der Waals surface area (Å²) < 4.78 is 10.9. The van der Waals surface area contributed by atoms with Crippen molar-refractivity contribution in [2.45, 2.75) is 12.5 Å². The van der Waals surface area contributed by atoms with Gasteiger partial charge >= 0.3 is 0 Å².